The van der Waals surface area contributed by atoms with E-state index in [0.717, 1.165) is 18.6 Å². The van der Waals surface area contributed by atoms with E-state index in [1.807, 2.05) is 25.1 Å². The van der Waals surface area contributed by atoms with Gasteiger partial charge in [0.25, 0.3) is 0 Å². The second-order valence-corrected chi connectivity index (χ2v) is 3.85. The Balaban J connectivity index is 2.82. The number of nitrogens with two attached hydrogens (primary N) is 1. The Kier molecular flexibility index (Phi) is 4.56. The number of rotatable bonds is 5. The molecule has 1 aromatic rings. The molecule has 1 aromatic carbocycles. The number of benzene rings is 1. The van der Waals surface area contributed by atoms with E-state index in [1.54, 1.807) is 0 Å². The van der Waals surface area contributed by atoms with E-state index in [1.165, 1.54) is 5.56 Å². The summed E-state index contributed by atoms with van der Waals surface area (Å²) in [6.45, 7) is 4.11. The lowest BCUT2D eigenvalue weighted by Gasteiger charge is -2.18. The minimum absolute atomic E-state index is 0.160. The van der Waals surface area contributed by atoms with E-state index in [9.17, 15) is 0 Å². The second kappa shape index (κ2) is 5.71. The van der Waals surface area contributed by atoms with Gasteiger partial charge in [-0.2, -0.15) is 0 Å². The number of para-hydroxylation sites is 1. The van der Waals surface area contributed by atoms with Crippen LogP contribution < -0.4 is 10.5 Å². The third-order valence-electron chi connectivity index (χ3n) is 2.31. The van der Waals surface area contributed by atoms with Crippen LogP contribution in [0.4, 0.5) is 0 Å². The molecular formula is C12H17NOS. The molecular weight excluding hydrogens is 206 g/mol. The fraction of sp³-hybridized carbons (Fsp3) is 0.417. The molecule has 0 amide bonds. The molecule has 0 aromatic heterocycles. The number of ether oxygens (including phenoxy) is 1. The van der Waals surface area contributed by atoms with Crippen LogP contribution >= 0.6 is 12.2 Å². The minimum atomic E-state index is -0.160. The van der Waals surface area contributed by atoms with Crippen LogP contribution in [0.1, 0.15) is 25.8 Å². The van der Waals surface area contributed by atoms with Gasteiger partial charge in [0.05, 0.1) is 0 Å². The Morgan fingerprint density at radius 2 is 2.07 bits per heavy atom. The zero-order valence-corrected chi connectivity index (χ0v) is 10.0. The number of hydrogen-bond acceptors (Lipinski definition) is 2. The molecule has 1 rings (SSSR count). The van der Waals surface area contributed by atoms with E-state index in [2.05, 4.69) is 13.0 Å². The van der Waals surface area contributed by atoms with Gasteiger partial charge in [-0.3, -0.25) is 0 Å². The molecule has 2 nitrogen and oxygen atoms in total. The van der Waals surface area contributed by atoms with Gasteiger partial charge in [0, 0.05) is 0 Å². The SMILES string of the molecule is CCc1ccccc1OC(CC)C(N)=S. The van der Waals surface area contributed by atoms with Crippen LogP contribution in [0.5, 0.6) is 5.75 Å². The maximum atomic E-state index is 5.78. The first-order valence-corrected chi connectivity index (χ1v) is 5.63. The van der Waals surface area contributed by atoms with Crippen molar-refractivity contribution in [2.75, 3.05) is 0 Å². The summed E-state index contributed by atoms with van der Waals surface area (Å²) in [5, 5.41) is 0. The first-order valence-electron chi connectivity index (χ1n) is 5.22. The highest BCUT2D eigenvalue weighted by atomic mass is 32.1. The van der Waals surface area contributed by atoms with E-state index in [4.69, 9.17) is 22.7 Å². The summed E-state index contributed by atoms with van der Waals surface area (Å²) < 4.78 is 5.78. The molecule has 0 bridgehead atoms. The fourth-order valence-corrected chi connectivity index (χ4v) is 1.62. The summed E-state index contributed by atoms with van der Waals surface area (Å²) in [5.74, 6) is 0.889. The molecule has 0 radical (unpaired) electrons. The second-order valence-electron chi connectivity index (χ2n) is 3.38. The maximum Gasteiger partial charge on any atom is 0.148 e. The van der Waals surface area contributed by atoms with Gasteiger partial charge in [-0.05, 0) is 24.5 Å². The Bertz CT molecular complexity index is 338. The lowest BCUT2D eigenvalue weighted by molar-refractivity contribution is 0.261. The highest BCUT2D eigenvalue weighted by molar-refractivity contribution is 7.80. The number of aryl methyl sites for hydroxylation is 1. The van der Waals surface area contributed by atoms with Crippen molar-refractivity contribution in [3.05, 3.63) is 29.8 Å². The molecule has 2 N–H and O–H groups in total. The molecule has 0 aliphatic carbocycles. The Morgan fingerprint density at radius 3 is 2.60 bits per heavy atom. The molecule has 0 aliphatic rings. The normalized spacial score (nSPS) is 12.1. The molecule has 82 valence electrons. The summed E-state index contributed by atoms with van der Waals surface area (Å²) in [6.07, 6.45) is 1.59. The summed E-state index contributed by atoms with van der Waals surface area (Å²) in [7, 11) is 0. The smallest absolute Gasteiger partial charge is 0.148 e. The third kappa shape index (κ3) is 3.20. The van der Waals surface area contributed by atoms with Crippen LogP contribution in [0, 0.1) is 0 Å². The van der Waals surface area contributed by atoms with Gasteiger partial charge >= 0.3 is 0 Å². The van der Waals surface area contributed by atoms with Crippen LogP contribution in [0.2, 0.25) is 0 Å². The summed E-state index contributed by atoms with van der Waals surface area (Å²) >= 11 is 4.95. The van der Waals surface area contributed by atoms with Crippen molar-refractivity contribution in [2.45, 2.75) is 32.8 Å². The molecule has 0 saturated heterocycles. The van der Waals surface area contributed by atoms with Crippen LogP contribution in [-0.2, 0) is 6.42 Å². The third-order valence-corrected chi connectivity index (χ3v) is 2.57. The van der Waals surface area contributed by atoms with Crippen molar-refractivity contribution < 1.29 is 4.74 Å². The lowest BCUT2D eigenvalue weighted by Crippen LogP contribution is -2.31. The average molecular weight is 223 g/mol. The number of hydrogen-bond donors (Lipinski definition) is 1. The van der Waals surface area contributed by atoms with Gasteiger partial charge in [-0.15, -0.1) is 0 Å². The van der Waals surface area contributed by atoms with Crippen molar-refractivity contribution in [2.24, 2.45) is 5.73 Å². The molecule has 15 heavy (non-hydrogen) atoms. The monoisotopic (exact) mass is 223 g/mol. The predicted molar refractivity (Wildman–Crippen MR) is 67.3 cm³/mol. The van der Waals surface area contributed by atoms with Crippen molar-refractivity contribution in [3.63, 3.8) is 0 Å². The van der Waals surface area contributed by atoms with Gasteiger partial charge in [0.1, 0.15) is 16.8 Å². The largest absolute Gasteiger partial charge is 0.483 e. The highest BCUT2D eigenvalue weighted by Crippen LogP contribution is 2.20. The van der Waals surface area contributed by atoms with E-state index in [-0.39, 0.29) is 6.10 Å². The molecule has 0 fully saturated rings. The maximum absolute atomic E-state index is 5.78. The van der Waals surface area contributed by atoms with E-state index >= 15 is 0 Å². The van der Waals surface area contributed by atoms with Crippen LogP contribution in [0.25, 0.3) is 0 Å². The van der Waals surface area contributed by atoms with E-state index in [0.29, 0.717) is 4.99 Å². The Hall–Kier alpha value is -1.09. The molecule has 0 saturated carbocycles. The first kappa shape index (κ1) is 12.0. The fourth-order valence-electron chi connectivity index (χ4n) is 1.41. The minimum Gasteiger partial charge on any atom is -0.483 e. The van der Waals surface area contributed by atoms with Gasteiger partial charge in [-0.25, -0.2) is 0 Å². The molecule has 0 heterocycles. The number of thiocarbonyl (C=S) groups is 1. The van der Waals surface area contributed by atoms with Crippen molar-refractivity contribution in [3.8, 4) is 5.75 Å². The Morgan fingerprint density at radius 1 is 1.40 bits per heavy atom. The van der Waals surface area contributed by atoms with Gasteiger partial charge in [-0.1, -0.05) is 44.3 Å². The molecule has 0 aliphatic heterocycles. The molecule has 1 atom stereocenters. The predicted octanol–water partition coefficient (Wildman–Crippen LogP) is 2.69. The van der Waals surface area contributed by atoms with Crippen molar-refractivity contribution in [1.82, 2.24) is 0 Å². The van der Waals surface area contributed by atoms with Crippen LogP contribution in [0.3, 0.4) is 0 Å². The van der Waals surface area contributed by atoms with Gasteiger partial charge < -0.3 is 10.5 Å². The quantitative estimate of drug-likeness (QED) is 0.779. The summed E-state index contributed by atoms with van der Waals surface area (Å²) in [6, 6.07) is 7.98. The van der Waals surface area contributed by atoms with Crippen molar-refractivity contribution >= 4 is 17.2 Å². The highest BCUT2D eigenvalue weighted by Gasteiger charge is 2.12. The van der Waals surface area contributed by atoms with Gasteiger partial charge in [0.15, 0.2) is 0 Å². The van der Waals surface area contributed by atoms with Crippen LogP contribution in [0.15, 0.2) is 24.3 Å². The van der Waals surface area contributed by atoms with Crippen molar-refractivity contribution in [1.29, 1.82) is 0 Å². The molecule has 0 spiro atoms. The lowest BCUT2D eigenvalue weighted by atomic mass is 10.1. The first-order chi connectivity index (χ1) is 7.19. The topological polar surface area (TPSA) is 35.2 Å². The Labute approximate surface area is 96.4 Å². The van der Waals surface area contributed by atoms with Crippen LogP contribution in [-0.4, -0.2) is 11.1 Å². The molecule has 3 heteroatoms. The molecule has 1 unspecified atom stereocenters. The zero-order chi connectivity index (χ0) is 11.3. The average Bonchev–Trinajstić information content (AvgIpc) is 2.25. The standard InChI is InChI=1S/C12H17NOS/c1-3-9-7-5-6-8-11(9)14-10(4-2)12(13)15/h5-8,10H,3-4H2,1-2H3,(H2,13,15). The van der Waals surface area contributed by atoms with Gasteiger partial charge in [0.2, 0.25) is 0 Å². The summed E-state index contributed by atoms with van der Waals surface area (Å²) in [5.41, 5.74) is 6.78. The van der Waals surface area contributed by atoms with E-state index < -0.39 is 0 Å². The summed E-state index contributed by atoms with van der Waals surface area (Å²) in [4.78, 5) is 0.420. The zero-order valence-electron chi connectivity index (χ0n) is 9.19.